The van der Waals surface area contributed by atoms with Crippen LogP contribution in [0.25, 0.3) is 0 Å². The smallest absolute Gasteiger partial charge is 0.0926 e. The van der Waals surface area contributed by atoms with Crippen LogP contribution in [-0.2, 0) is 0 Å². The molecule has 1 saturated heterocycles. The average molecular weight is 129 g/mol. The molecule has 1 nitrogen and oxygen atoms in total. The van der Waals surface area contributed by atoms with E-state index in [1.807, 2.05) is 0 Å². The van der Waals surface area contributed by atoms with Gasteiger partial charge in [-0.2, -0.15) is 0 Å². The summed E-state index contributed by atoms with van der Waals surface area (Å²) in [4.78, 5) is 0. The maximum Gasteiger partial charge on any atom is 0.0926 e. The van der Waals surface area contributed by atoms with Gasteiger partial charge >= 0.3 is 0 Å². The SMILES string of the molecule is FC[C@@H]1C[C@@H]2C[C@H]1CN2. The van der Waals surface area contributed by atoms with Gasteiger partial charge in [0, 0.05) is 6.04 Å². The number of piperidine rings is 1. The zero-order valence-corrected chi connectivity index (χ0v) is 5.44. The van der Waals surface area contributed by atoms with Gasteiger partial charge in [-0.25, -0.2) is 0 Å². The Morgan fingerprint density at radius 1 is 1.44 bits per heavy atom. The first-order valence-electron chi connectivity index (χ1n) is 3.69. The Labute approximate surface area is 54.6 Å². The summed E-state index contributed by atoms with van der Waals surface area (Å²) in [5, 5.41) is 3.35. The lowest BCUT2D eigenvalue weighted by Crippen LogP contribution is -2.30. The van der Waals surface area contributed by atoms with Gasteiger partial charge in [0.25, 0.3) is 0 Å². The van der Waals surface area contributed by atoms with E-state index < -0.39 is 0 Å². The van der Waals surface area contributed by atoms with Crippen LogP contribution in [0.5, 0.6) is 0 Å². The molecule has 9 heavy (non-hydrogen) atoms. The Bertz CT molecular complexity index is 115. The van der Waals surface area contributed by atoms with E-state index in [0.717, 1.165) is 13.0 Å². The molecule has 0 aromatic heterocycles. The van der Waals surface area contributed by atoms with Gasteiger partial charge < -0.3 is 5.32 Å². The first kappa shape index (κ1) is 5.66. The number of alkyl halides is 1. The predicted molar refractivity (Wildman–Crippen MR) is 34.0 cm³/mol. The number of nitrogens with one attached hydrogen (secondary N) is 1. The Hall–Kier alpha value is -0.110. The van der Waals surface area contributed by atoms with Crippen molar-refractivity contribution in [1.29, 1.82) is 0 Å². The molecule has 2 rings (SSSR count). The van der Waals surface area contributed by atoms with E-state index in [1.54, 1.807) is 0 Å². The lowest BCUT2D eigenvalue weighted by molar-refractivity contribution is 0.273. The molecule has 52 valence electrons. The van der Waals surface area contributed by atoms with Crippen LogP contribution in [0.1, 0.15) is 12.8 Å². The van der Waals surface area contributed by atoms with Crippen LogP contribution in [0.3, 0.4) is 0 Å². The van der Waals surface area contributed by atoms with Crippen molar-refractivity contribution in [3.8, 4) is 0 Å². The molecule has 0 amide bonds. The topological polar surface area (TPSA) is 12.0 Å². The van der Waals surface area contributed by atoms with Gasteiger partial charge in [0.15, 0.2) is 0 Å². The normalized spacial score (nSPS) is 48.3. The summed E-state index contributed by atoms with van der Waals surface area (Å²) in [6.45, 7) is 0.974. The van der Waals surface area contributed by atoms with Gasteiger partial charge in [0.2, 0.25) is 0 Å². The monoisotopic (exact) mass is 129 g/mol. The van der Waals surface area contributed by atoms with Gasteiger partial charge in [-0.3, -0.25) is 4.39 Å². The number of halogens is 1. The second-order valence-electron chi connectivity index (χ2n) is 3.25. The molecule has 1 aliphatic heterocycles. The highest BCUT2D eigenvalue weighted by atomic mass is 19.1. The lowest BCUT2D eigenvalue weighted by Gasteiger charge is -2.18. The summed E-state index contributed by atoms with van der Waals surface area (Å²) in [6.07, 6.45) is 2.32. The van der Waals surface area contributed by atoms with Crippen LogP contribution >= 0.6 is 0 Å². The van der Waals surface area contributed by atoms with E-state index >= 15 is 0 Å². The maximum atomic E-state index is 12.1. The molecule has 1 N–H and O–H groups in total. The van der Waals surface area contributed by atoms with Crippen molar-refractivity contribution in [2.75, 3.05) is 13.2 Å². The fourth-order valence-corrected chi connectivity index (χ4v) is 2.14. The van der Waals surface area contributed by atoms with Crippen molar-refractivity contribution in [2.45, 2.75) is 18.9 Å². The molecule has 0 unspecified atom stereocenters. The summed E-state index contributed by atoms with van der Waals surface area (Å²) < 4.78 is 12.1. The zero-order valence-electron chi connectivity index (χ0n) is 5.44. The molecule has 2 aliphatic rings. The number of fused-ring (bicyclic) bond motifs is 2. The highest BCUT2D eigenvalue weighted by Gasteiger charge is 2.38. The quantitative estimate of drug-likeness (QED) is 0.556. The van der Waals surface area contributed by atoms with Crippen LogP contribution in [0.2, 0.25) is 0 Å². The zero-order chi connectivity index (χ0) is 6.27. The van der Waals surface area contributed by atoms with E-state index in [2.05, 4.69) is 5.32 Å². The second-order valence-corrected chi connectivity index (χ2v) is 3.25. The Kier molecular flexibility index (Phi) is 1.22. The van der Waals surface area contributed by atoms with Crippen LogP contribution in [0, 0.1) is 11.8 Å². The van der Waals surface area contributed by atoms with E-state index in [9.17, 15) is 4.39 Å². The summed E-state index contributed by atoms with van der Waals surface area (Å²) in [5.74, 6) is 1.07. The van der Waals surface area contributed by atoms with Crippen molar-refractivity contribution in [3.05, 3.63) is 0 Å². The van der Waals surface area contributed by atoms with Crippen molar-refractivity contribution < 1.29 is 4.39 Å². The minimum Gasteiger partial charge on any atom is -0.314 e. The Morgan fingerprint density at radius 3 is 2.67 bits per heavy atom. The molecule has 2 bridgehead atoms. The molecule has 0 aromatic rings. The minimum absolute atomic E-state index is 0.0944. The van der Waals surface area contributed by atoms with E-state index in [-0.39, 0.29) is 6.67 Å². The van der Waals surface area contributed by atoms with Gasteiger partial charge in [0.05, 0.1) is 6.67 Å². The van der Waals surface area contributed by atoms with E-state index in [1.165, 1.54) is 6.42 Å². The minimum atomic E-state index is -0.0944. The molecular weight excluding hydrogens is 117 g/mol. The third-order valence-electron chi connectivity index (χ3n) is 2.71. The van der Waals surface area contributed by atoms with E-state index in [4.69, 9.17) is 0 Å². The maximum absolute atomic E-state index is 12.1. The first-order valence-corrected chi connectivity index (χ1v) is 3.69. The Balaban J connectivity index is 2.01. The molecule has 1 saturated carbocycles. The molecule has 0 spiro atoms. The van der Waals surface area contributed by atoms with Gasteiger partial charge in [-0.15, -0.1) is 0 Å². The highest BCUT2D eigenvalue weighted by Crippen LogP contribution is 2.36. The van der Waals surface area contributed by atoms with Crippen molar-refractivity contribution in [2.24, 2.45) is 11.8 Å². The highest BCUT2D eigenvalue weighted by molar-refractivity contribution is 4.94. The number of rotatable bonds is 1. The standard InChI is InChI=1S/C7H12FN/c8-3-5-1-7-2-6(5)4-9-7/h5-7,9H,1-4H2/t5-,6-,7+/m0/s1. The van der Waals surface area contributed by atoms with Crippen LogP contribution in [-0.4, -0.2) is 19.3 Å². The number of hydrogen-bond donors (Lipinski definition) is 1. The molecule has 0 aromatic carbocycles. The summed E-state index contributed by atoms with van der Waals surface area (Å²) in [5.41, 5.74) is 0. The third-order valence-corrected chi connectivity index (χ3v) is 2.71. The first-order chi connectivity index (χ1) is 4.40. The van der Waals surface area contributed by atoms with Crippen molar-refractivity contribution >= 4 is 0 Å². The molecule has 1 aliphatic carbocycles. The van der Waals surface area contributed by atoms with Gasteiger partial charge in [-0.05, 0) is 31.2 Å². The molecule has 1 heterocycles. The summed E-state index contributed by atoms with van der Waals surface area (Å²) in [7, 11) is 0. The van der Waals surface area contributed by atoms with Crippen LogP contribution in [0.4, 0.5) is 4.39 Å². The molecule has 2 heteroatoms. The molecule has 2 fully saturated rings. The van der Waals surface area contributed by atoms with Gasteiger partial charge in [0.1, 0.15) is 0 Å². The van der Waals surface area contributed by atoms with Crippen LogP contribution in [0.15, 0.2) is 0 Å². The second kappa shape index (κ2) is 1.94. The van der Waals surface area contributed by atoms with Crippen molar-refractivity contribution in [1.82, 2.24) is 5.32 Å². The summed E-state index contributed by atoms with van der Waals surface area (Å²) >= 11 is 0. The number of hydrogen-bond acceptors (Lipinski definition) is 1. The predicted octanol–water partition coefficient (Wildman–Crippen LogP) is 0.954. The molecule has 0 radical (unpaired) electrons. The third kappa shape index (κ3) is 0.767. The Morgan fingerprint density at radius 2 is 2.33 bits per heavy atom. The molecule has 3 atom stereocenters. The molecular formula is C7H12FN. The van der Waals surface area contributed by atoms with E-state index in [0.29, 0.717) is 17.9 Å². The largest absolute Gasteiger partial charge is 0.314 e. The van der Waals surface area contributed by atoms with Crippen molar-refractivity contribution in [3.63, 3.8) is 0 Å². The lowest BCUT2D eigenvalue weighted by atomic mass is 9.97. The van der Waals surface area contributed by atoms with Gasteiger partial charge in [-0.1, -0.05) is 0 Å². The average Bonchev–Trinajstić information content (AvgIpc) is 2.45. The fraction of sp³-hybridized carbons (Fsp3) is 1.00. The fourth-order valence-electron chi connectivity index (χ4n) is 2.14. The summed E-state index contributed by atoms with van der Waals surface area (Å²) in [6, 6.07) is 0.663. The van der Waals surface area contributed by atoms with Crippen LogP contribution < -0.4 is 5.32 Å².